The van der Waals surface area contributed by atoms with Crippen molar-refractivity contribution in [3.05, 3.63) is 29.8 Å². The number of aryl methyl sites for hydroxylation is 1. The molecule has 0 aromatic heterocycles. The number of unbranched alkanes of at least 4 members (excludes halogenated alkanes) is 1. The Morgan fingerprint density at radius 2 is 2.00 bits per heavy atom. The van der Waals surface area contributed by atoms with E-state index in [9.17, 15) is 0 Å². The van der Waals surface area contributed by atoms with Gasteiger partial charge in [0, 0.05) is 44.5 Å². The van der Waals surface area contributed by atoms with Gasteiger partial charge in [0.05, 0.1) is 0 Å². The van der Waals surface area contributed by atoms with E-state index < -0.39 is 0 Å². The molecular formula is C21H37N5. The highest BCUT2D eigenvalue weighted by Crippen LogP contribution is 2.20. The first-order chi connectivity index (χ1) is 12.5. The topological polar surface area (TPSA) is 42.9 Å². The average Bonchev–Trinajstić information content (AvgIpc) is 3.09. The summed E-state index contributed by atoms with van der Waals surface area (Å²) < 4.78 is 0. The SMILES string of the molecule is CN=C(NCCCCN(C)C(C)C)NC1CCN(c2ccc(C)cc2)C1. The van der Waals surface area contributed by atoms with Crippen molar-refractivity contribution in [2.75, 3.05) is 45.2 Å². The zero-order valence-corrected chi connectivity index (χ0v) is 17.3. The van der Waals surface area contributed by atoms with Gasteiger partial charge in [-0.05, 0) is 65.8 Å². The van der Waals surface area contributed by atoms with E-state index in [0.717, 1.165) is 45.0 Å². The third kappa shape index (κ3) is 6.52. The van der Waals surface area contributed by atoms with Crippen molar-refractivity contribution in [2.24, 2.45) is 4.99 Å². The molecule has 26 heavy (non-hydrogen) atoms. The molecule has 1 fully saturated rings. The number of anilines is 1. The van der Waals surface area contributed by atoms with Crippen LogP contribution in [0.1, 0.15) is 38.7 Å². The van der Waals surface area contributed by atoms with E-state index in [0.29, 0.717) is 12.1 Å². The van der Waals surface area contributed by atoms with Gasteiger partial charge in [-0.2, -0.15) is 0 Å². The van der Waals surface area contributed by atoms with Crippen molar-refractivity contribution < 1.29 is 0 Å². The van der Waals surface area contributed by atoms with E-state index >= 15 is 0 Å². The summed E-state index contributed by atoms with van der Waals surface area (Å²) in [5, 5.41) is 7.04. The molecule has 2 N–H and O–H groups in total. The Hall–Kier alpha value is -1.75. The summed E-state index contributed by atoms with van der Waals surface area (Å²) in [5.41, 5.74) is 2.63. The van der Waals surface area contributed by atoms with Crippen molar-refractivity contribution >= 4 is 11.6 Å². The molecule has 1 unspecified atom stereocenters. The molecule has 1 saturated heterocycles. The Kier molecular flexibility index (Phi) is 8.23. The van der Waals surface area contributed by atoms with Crippen LogP contribution in [-0.2, 0) is 0 Å². The normalized spacial score (nSPS) is 18.0. The molecule has 0 amide bonds. The maximum atomic E-state index is 4.39. The molecule has 0 saturated carbocycles. The van der Waals surface area contributed by atoms with Gasteiger partial charge in [0.15, 0.2) is 5.96 Å². The molecule has 146 valence electrons. The Morgan fingerprint density at radius 3 is 2.65 bits per heavy atom. The molecule has 5 heteroatoms. The predicted molar refractivity (Wildman–Crippen MR) is 113 cm³/mol. The molecule has 5 nitrogen and oxygen atoms in total. The van der Waals surface area contributed by atoms with Crippen LogP contribution in [0, 0.1) is 6.92 Å². The van der Waals surface area contributed by atoms with E-state index in [4.69, 9.17) is 0 Å². The zero-order chi connectivity index (χ0) is 18.9. The number of benzene rings is 1. The van der Waals surface area contributed by atoms with Gasteiger partial charge in [0.25, 0.3) is 0 Å². The minimum Gasteiger partial charge on any atom is -0.369 e. The van der Waals surface area contributed by atoms with E-state index in [-0.39, 0.29) is 0 Å². The van der Waals surface area contributed by atoms with Gasteiger partial charge in [0.1, 0.15) is 0 Å². The summed E-state index contributed by atoms with van der Waals surface area (Å²) in [6.45, 7) is 10.9. The first kappa shape index (κ1) is 20.6. The van der Waals surface area contributed by atoms with E-state index in [2.05, 4.69) is 77.5 Å². The number of nitrogens with zero attached hydrogens (tertiary/aromatic N) is 3. The lowest BCUT2D eigenvalue weighted by atomic mass is 10.2. The van der Waals surface area contributed by atoms with Crippen LogP contribution in [0.4, 0.5) is 5.69 Å². The summed E-state index contributed by atoms with van der Waals surface area (Å²) in [6.07, 6.45) is 3.52. The lowest BCUT2D eigenvalue weighted by Crippen LogP contribution is -2.45. The Morgan fingerprint density at radius 1 is 1.27 bits per heavy atom. The maximum absolute atomic E-state index is 4.39. The molecule has 1 heterocycles. The third-order valence-corrected chi connectivity index (χ3v) is 5.26. The Bertz CT molecular complexity index is 552. The molecule has 0 bridgehead atoms. The summed E-state index contributed by atoms with van der Waals surface area (Å²) in [4.78, 5) is 9.23. The second kappa shape index (κ2) is 10.4. The number of hydrogen-bond acceptors (Lipinski definition) is 3. The van der Waals surface area contributed by atoms with Gasteiger partial charge >= 0.3 is 0 Å². The number of hydrogen-bond donors (Lipinski definition) is 2. The molecule has 2 rings (SSSR count). The van der Waals surface area contributed by atoms with Crippen LogP contribution in [0.2, 0.25) is 0 Å². The van der Waals surface area contributed by atoms with Crippen molar-refractivity contribution in [1.82, 2.24) is 15.5 Å². The van der Waals surface area contributed by atoms with Crippen molar-refractivity contribution in [1.29, 1.82) is 0 Å². The van der Waals surface area contributed by atoms with Crippen LogP contribution >= 0.6 is 0 Å². The standard InChI is InChI=1S/C21H37N5/c1-17(2)25(5)14-7-6-13-23-21(22-4)24-19-12-15-26(16-19)20-10-8-18(3)9-11-20/h8-11,17,19H,6-7,12-16H2,1-5H3,(H2,22,23,24). The molecule has 1 atom stereocenters. The summed E-state index contributed by atoms with van der Waals surface area (Å²) in [5.74, 6) is 0.929. The number of rotatable bonds is 8. The third-order valence-electron chi connectivity index (χ3n) is 5.26. The van der Waals surface area contributed by atoms with Crippen molar-refractivity contribution in [2.45, 2.75) is 52.1 Å². The number of guanidine groups is 1. The highest BCUT2D eigenvalue weighted by molar-refractivity contribution is 5.80. The van der Waals surface area contributed by atoms with Gasteiger partial charge in [-0.1, -0.05) is 17.7 Å². The highest BCUT2D eigenvalue weighted by Gasteiger charge is 2.23. The van der Waals surface area contributed by atoms with Gasteiger partial charge in [-0.15, -0.1) is 0 Å². The summed E-state index contributed by atoms with van der Waals surface area (Å²) in [7, 11) is 4.05. The monoisotopic (exact) mass is 359 g/mol. The molecule has 0 radical (unpaired) electrons. The molecule has 0 spiro atoms. The lowest BCUT2D eigenvalue weighted by molar-refractivity contribution is 0.268. The highest BCUT2D eigenvalue weighted by atomic mass is 15.2. The van der Waals surface area contributed by atoms with Crippen LogP contribution in [-0.4, -0.2) is 63.2 Å². The first-order valence-corrected chi connectivity index (χ1v) is 9.98. The molecule has 1 aliphatic rings. The molecule has 1 aromatic rings. The van der Waals surface area contributed by atoms with Crippen LogP contribution in [0.3, 0.4) is 0 Å². The summed E-state index contributed by atoms with van der Waals surface area (Å²) >= 11 is 0. The molecule has 1 aromatic carbocycles. The van der Waals surface area contributed by atoms with Gasteiger partial charge in [0.2, 0.25) is 0 Å². The molecule has 0 aliphatic carbocycles. The van der Waals surface area contributed by atoms with Gasteiger partial charge in [-0.3, -0.25) is 4.99 Å². The second-order valence-electron chi connectivity index (χ2n) is 7.69. The van der Waals surface area contributed by atoms with Crippen LogP contribution in [0.5, 0.6) is 0 Å². The van der Waals surface area contributed by atoms with E-state index in [1.807, 2.05) is 7.05 Å². The zero-order valence-electron chi connectivity index (χ0n) is 17.3. The van der Waals surface area contributed by atoms with Crippen LogP contribution < -0.4 is 15.5 Å². The maximum Gasteiger partial charge on any atom is 0.191 e. The summed E-state index contributed by atoms with van der Waals surface area (Å²) in [6, 6.07) is 9.89. The fourth-order valence-corrected chi connectivity index (χ4v) is 3.21. The fraction of sp³-hybridized carbons (Fsp3) is 0.667. The minimum absolute atomic E-state index is 0.453. The van der Waals surface area contributed by atoms with Gasteiger partial charge < -0.3 is 20.4 Å². The van der Waals surface area contributed by atoms with Crippen LogP contribution in [0.25, 0.3) is 0 Å². The molecular weight excluding hydrogens is 322 g/mol. The Labute approximate surface area is 159 Å². The number of nitrogens with one attached hydrogen (secondary N) is 2. The quantitative estimate of drug-likeness (QED) is 0.425. The largest absolute Gasteiger partial charge is 0.369 e. The van der Waals surface area contributed by atoms with Crippen LogP contribution in [0.15, 0.2) is 29.3 Å². The average molecular weight is 360 g/mol. The van der Waals surface area contributed by atoms with Gasteiger partial charge in [-0.25, -0.2) is 0 Å². The van der Waals surface area contributed by atoms with Crippen molar-refractivity contribution in [3.8, 4) is 0 Å². The minimum atomic E-state index is 0.453. The molecule has 1 aliphatic heterocycles. The number of aliphatic imine (C=N–C) groups is 1. The Balaban J connectivity index is 1.68. The lowest BCUT2D eigenvalue weighted by Gasteiger charge is -2.21. The predicted octanol–water partition coefficient (Wildman–Crippen LogP) is 2.86. The fourth-order valence-electron chi connectivity index (χ4n) is 3.21. The van der Waals surface area contributed by atoms with E-state index in [1.165, 1.54) is 17.7 Å². The first-order valence-electron chi connectivity index (χ1n) is 9.98. The van der Waals surface area contributed by atoms with Crippen molar-refractivity contribution in [3.63, 3.8) is 0 Å². The smallest absolute Gasteiger partial charge is 0.191 e. The second-order valence-corrected chi connectivity index (χ2v) is 7.69. The van der Waals surface area contributed by atoms with E-state index in [1.54, 1.807) is 0 Å².